The molecule has 1 aliphatic rings. The van der Waals surface area contributed by atoms with Crippen LogP contribution in [-0.4, -0.2) is 33.9 Å². The molecule has 1 amide bonds. The van der Waals surface area contributed by atoms with Gasteiger partial charge in [-0.15, -0.1) is 0 Å². The van der Waals surface area contributed by atoms with Crippen LogP contribution < -0.4 is 5.32 Å². The summed E-state index contributed by atoms with van der Waals surface area (Å²) in [5, 5.41) is 10.1. The monoisotopic (exact) mass is 522 g/mol. The summed E-state index contributed by atoms with van der Waals surface area (Å²) in [6.07, 6.45) is 0. The number of benzene rings is 4. The Balaban J connectivity index is 1.19. The molecule has 0 aliphatic carbocycles. The smallest absolute Gasteiger partial charge is 0.292 e. The molecule has 2 N–H and O–H groups in total. The molecule has 2 heterocycles. The first-order chi connectivity index (χ1) is 18.4. The molecule has 188 valence electrons. The molecular weight excluding hydrogens is 500 g/mol. The van der Waals surface area contributed by atoms with E-state index in [2.05, 4.69) is 15.5 Å². The molecule has 0 atom stereocenters. The van der Waals surface area contributed by atoms with Gasteiger partial charge < -0.3 is 5.32 Å². The van der Waals surface area contributed by atoms with Crippen molar-refractivity contribution in [1.82, 2.24) is 14.5 Å². The molecule has 6 rings (SSSR count). The van der Waals surface area contributed by atoms with Crippen LogP contribution in [0.25, 0.3) is 21.9 Å². The molecule has 0 spiro atoms. The highest BCUT2D eigenvalue weighted by atomic mass is 32.2. The minimum atomic E-state index is -4.32. The number of aromatic amines is 1. The predicted octanol–water partition coefficient (Wildman–Crippen LogP) is 4.97. The van der Waals surface area contributed by atoms with Gasteiger partial charge >= 0.3 is 0 Å². The van der Waals surface area contributed by atoms with E-state index in [0.717, 1.165) is 20.8 Å². The zero-order valence-corrected chi connectivity index (χ0v) is 20.9. The summed E-state index contributed by atoms with van der Waals surface area (Å²) in [5.41, 5.74) is 3.67. The van der Waals surface area contributed by atoms with Gasteiger partial charge in [-0.2, -0.15) is 9.40 Å². The molecule has 0 fully saturated rings. The highest BCUT2D eigenvalue weighted by molar-refractivity contribution is 8.04. The zero-order chi connectivity index (χ0) is 26.3. The van der Waals surface area contributed by atoms with Gasteiger partial charge in [0.15, 0.2) is 5.82 Å². The third-order valence-electron chi connectivity index (χ3n) is 6.69. The summed E-state index contributed by atoms with van der Waals surface area (Å²) in [7, 11) is -4.32. The van der Waals surface area contributed by atoms with Crippen LogP contribution in [0.2, 0.25) is 0 Å². The van der Waals surface area contributed by atoms with Crippen LogP contribution in [0, 0.1) is 0 Å². The van der Waals surface area contributed by atoms with Gasteiger partial charge in [0.25, 0.3) is 21.0 Å². The first kappa shape index (κ1) is 23.8. The van der Waals surface area contributed by atoms with Crippen molar-refractivity contribution in [3.8, 4) is 11.1 Å². The Morgan fingerprint density at radius 3 is 2.26 bits per heavy atom. The lowest BCUT2D eigenvalue weighted by Crippen LogP contribution is -2.32. The number of hydrogen-bond donors (Lipinski definition) is 2. The Bertz CT molecular complexity index is 1790. The highest BCUT2D eigenvalue weighted by Crippen LogP contribution is 2.31. The minimum absolute atomic E-state index is 0.0389. The second-order valence-electron chi connectivity index (χ2n) is 9.01. The molecule has 0 saturated heterocycles. The van der Waals surface area contributed by atoms with Crippen molar-refractivity contribution in [2.45, 2.75) is 13.1 Å². The van der Waals surface area contributed by atoms with E-state index in [1.54, 1.807) is 30.3 Å². The van der Waals surface area contributed by atoms with Crippen LogP contribution in [0.1, 0.15) is 32.0 Å². The summed E-state index contributed by atoms with van der Waals surface area (Å²) in [6.45, 7) is -0.115. The molecule has 5 aromatic rings. The second-order valence-corrected chi connectivity index (χ2v) is 10.9. The van der Waals surface area contributed by atoms with E-state index in [1.165, 1.54) is 6.07 Å². The Morgan fingerprint density at radius 1 is 0.789 bits per heavy atom. The third-order valence-corrected chi connectivity index (χ3v) is 8.32. The van der Waals surface area contributed by atoms with Crippen LogP contribution in [0.15, 0.2) is 97.1 Å². The Labute approximate surface area is 219 Å². The average molecular weight is 523 g/mol. The third kappa shape index (κ3) is 4.17. The lowest BCUT2D eigenvalue weighted by Gasteiger charge is -2.15. The van der Waals surface area contributed by atoms with Crippen LogP contribution in [-0.2, 0) is 23.1 Å². The molecule has 0 saturated carbocycles. The Kier molecular flexibility index (Phi) is 5.86. The van der Waals surface area contributed by atoms with Crippen LogP contribution in [0.5, 0.6) is 0 Å². The van der Waals surface area contributed by atoms with Gasteiger partial charge in [0, 0.05) is 23.2 Å². The van der Waals surface area contributed by atoms with E-state index in [4.69, 9.17) is 0 Å². The van der Waals surface area contributed by atoms with Crippen molar-refractivity contribution in [3.63, 3.8) is 0 Å². The number of rotatable bonds is 5. The molecular formula is C29H22N4O4S. The standard InChI is InChI=1S/C29H22N4O4S/c34-28(22-15-13-20(14-16-22)19-7-2-1-3-8-19)30-27-25-17-33(18-26(25)31-32-27)38(36,37)29(35)24-12-6-10-21-9-4-5-11-23(21)24/h1-16H,17-18H2,(H2,30,31,32,34). The summed E-state index contributed by atoms with van der Waals surface area (Å²) >= 11 is 0. The van der Waals surface area contributed by atoms with E-state index in [9.17, 15) is 18.0 Å². The normalized spacial score (nSPS) is 13.4. The number of H-pyrrole nitrogens is 1. The van der Waals surface area contributed by atoms with Crippen LogP contribution in [0.3, 0.4) is 0 Å². The van der Waals surface area contributed by atoms with Gasteiger partial charge in [0.1, 0.15) is 0 Å². The number of carbonyl (C=O) groups excluding carboxylic acids is 2. The SMILES string of the molecule is O=C(Nc1n[nH]c2c1CN(S(=O)(=O)C(=O)c1cccc3ccccc13)C2)c1ccc(-c2ccccc2)cc1. The minimum Gasteiger partial charge on any atom is -0.305 e. The van der Waals surface area contributed by atoms with Gasteiger partial charge in [-0.3, -0.25) is 14.7 Å². The molecule has 9 heteroatoms. The van der Waals surface area contributed by atoms with E-state index in [0.29, 0.717) is 22.2 Å². The number of anilines is 1. The summed E-state index contributed by atoms with van der Waals surface area (Å²) in [5.74, 6) is -0.125. The number of aromatic nitrogens is 2. The fourth-order valence-electron chi connectivity index (χ4n) is 4.67. The Hall–Kier alpha value is -4.60. The predicted molar refractivity (Wildman–Crippen MR) is 145 cm³/mol. The first-order valence-corrected chi connectivity index (χ1v) is 13.4. The molecule has 38 heavy (non-hydrogen) atoms. The van der Waals surface area contributed by atoms with Crippen molar-refractivity contribution >= 4 is 37.6 Å². The summed E-state index contributed by atoms with van der Waals surface area (Å²) in [4.78, 5) is 26.1. The molecule has 1 aliphatic heterocycles. The number of nitrogens with zero attached hydrogens (tertiary/aromatic N) is 2. The summed E-state index contributed by atoms with van der Waals surface area (Å²) in [6, 6.07) is 29.2. The fraction of sp³-hybridized carbons (Fsp3) is 0.0690. The van der Waals surface area contributed by atoms with Crippen molar-refractivity contribution < 1.29 is 18.0 Å². The molecule has 0 radical (unpaired) electrons. The maximum atomic E-state index is 13.3. The van der Waals surface area contributed by atoms with Gasteiger partial charge in [0.2, 0.25) is 0 Å². The summed E-state index contributed by atoms with van der Waals surface area (Å²) < 4.78 is 27.7. The molecule has 8 nitrogen and oxygen atoms in total. The van der Waals surface area contributed by atoms with Gasteiger partial charge in [-0.1, -0.05) is 78.9 Å². The van der Waals surface area contributed by atoms with Crippen molar-refractivity contribution in [1.29, 1.82) is 0 Å². The maximum Gasteiger partial charge on any atom is 0.292 e. The van der Waals surface area contributed by atoms with Crippen molar-refractivity contribution in [3.05, 3.63) is 119 Å². The highest BCUT2D eigenvalue weighted by Gasteiger charge is 2.38. The second kappa shape index (κ2) is 9.37. The first-order valence-electron chi connectivity index (χ1n) is 12.0. The van der Waals surface area contributed by atoms with Crippen molar-refractivity contribution in [2.75, 3.05) is 5.32 Å². The molecule has 1 aromatic heterocycles. The van der Waals surface area contributed by atoms with Gasteiger partial charge in [-0.05, 0) is 40.1 Å². The number of fused-ring (bicyclic) bond motifs is 2. The number of nitrogens with one attached hydrogen (secondary N) is 2. The fourth-order valence-corrected chi connectivity index (χ4v) is 5.96. The van der Waals surface area contributed by atoms with E-state index in [1.807, 2.05) is 60.7 Å². The molecule has 0 bridgehead atoms. The largest absolute Gasteiger partial charge is 0.305 e. The number of hydrogen-bond acceptors (Lipinski definition) is 5. The number of amides is 1. The van der Waals surface area contributed by atoms with E-state index >= 15 is 0 Å². The van der Waals surface area contributed by atoms with E-state index < -0.39 is 15.1 Å². The van der Waals surface area contributed by atoms with Crippen LogP contribution in [0.4, 0.5) is 5.82 Å². The van der Waals surface area contributed by atoms with Crippen molar-refractivity contribution in [2.24, 2.45) is 0 Å². The lowest BCUT2D eigenvalue weighted by molar-refractivity contribution is 0.102. The quantitative estimate of drug-likeness (QED) is 0.339. The lowest BCUT2D eigenvalue weighted by atomic mass is 10.0. The average Bonchev–Trinajstić information content (AvgIpc) is 3.55. The van der Waals surface area contributed by atoms with E-state index in [-0.39, 0.29) is 30.4 Å². The maximum absolute atomic E-state index is 13.3. The molecule has 4 aromatic carbocycles. The number of sulfonamides is 1. The number of carbonyl (C=O) groups is 2. The molecule has 0 unspecified atom stereocenters. The van der Waals surface area contributed by atoms with Crippen LogP contribution >= 0.6 is 0 Å². The zero-order valence-electron chi connectivity index (χ0n) is 20.1. The van der Waals surface area contributed by atoms with Gasteiger partial charge in [0.05, 0.1) is 12.2 Å². The topological polar surface area (TPSA) is 112 Å². The van der Waals surface area contributed by atoms with Gasteiger partial charge in [-0.25, -0.2) is 8.42 Å². The Morgan fingerprint density at radius 2 is 1.47 bits per heavy atom.